The highest BCUT2D eigenvalue weighted by Crippen LogP contribution is 2.08. The average molecular weight is 269 g/mol. The fraction of sp³-hybridized carbons (Fsp3) is 0.412. The molecular formula is C17H23N3. The first-order chi connectivity index (χ1) is 9.42. The Morgan fingerprint density at radius 3 is 2.10 bits per heavy atom. The van der Waals surface area contributed by atoms with E-state index < -0.39 is 0 Å². The smallest absolute Gasteiger partial charge is 0.132 e. The summed E-state index contributed by atoms with van der Waals surface area (Å²) >= 11 is 0. The number of hydrogen-bond donors (Lipinski definition) is 1. The number of hydrogen-bond acceptors (Lipinski definition) is 3. The molecule has 106 valence electrons. The molecule has 3 heteroatoms. The molecule has 1 N–H and O–H groups in total. The topological polar surface area (TPSA) is 37.8 Å². The first-order valence-electron chi connectivity index (χ1n) is 7.03. The molecule has 2 aromatic rings. The number of nitrogens with zero attached hydrogens (tertiary/aromatic N) is 2. The average Bonchev–Trinajstić information content (AvgIpc) is 2.40. The Balaban J connectivity index is 1.96. The van der Waals surface area contributed by atoms with E-state index in [-0.39, 0.29) is 5.54 Å². The fourth-order valence-electron chi connectivity index (χ4n) is 1.82. The maximum absolute atomic E-state index is 4.45. The Hall–Kier alpha value is -1.74. The summed E-state index contributed by atoms with van der Waals surface area (Å²) in [6.45, 7) is 9.35. The molecule has 0 atom stereocenters. The summed E-state index contributed by atoms with van der Waals surface area (Å²) < 4.78 is 0. The number of aromatic nitrogens is 2. The van der Waals surface area contributed by atoms with Crippen LogP contribution in [0, 0.1) is 6.92 Å². The normalized spacial score (nSPS) is 11.6. The van der Waals surface area contributed by atoms with E-state index in [9.17, 15) is 0 Å². The zero-order valence-corrected chi connectivity index (χ0v) is 12.8. The molecule has 20 heavy (non-hydrogen) atoms. The molecule has 0 fully saturated rings. The third kappa shape index (κ3) is 4.74. The van der Waals surface area contributed by atoms with Crippen LogP contribution in [0.1, 0.15) is 43.3 Å². The Morgan fingerprint density at radius 2 is 1.55 bits per heavy atom. The summed E-state index contributed by atoms with van der Waals surface area (Å²) in [6, 6.07) is 8.51. The third-order valence-corrected chi connectivity index (χ3v) is 3.06. The Labute approximate surface area is 121 Å². The first kappa shape index (κ1) is 14.7. The van der Waals surface area contributed by atoms with Crippen molar-refractivity contribution < 1.29 is 0 Å². The molecule has 3 nitrogen and oxygen atoms in total. The van der Waals surface area contributed by atoms with Gasteiger partial charge in [-0.15, -0.1) is 0 Å². The minimum atomic E-state index is 0.112. The van der Waals surface area contributed by atoms with Crippen molar-refractivity contribution in [1.82, 2.24) is 15.3 Å². The lowest BCUT2D eigenvalue weighted by molar-refractivity contribution is 0.423. The van der Waals surface area contributed by atoms with Gasteiger partial charge in [-0.25, -0.2) is 9.97 Å². The van der Waals surface area contributed by atoms with Crippen molar-refractivity contribution in [2.45, 2.75) is 46.2 Å². The van der Waals surface area contributed by atoms with Crippen molar-refractivity contribution in [1.29, 1.82) is 0 Å². The van der Waals surface area contributed by atoms with Gasteiger partial charge in [0.15, 0.2) is 0 Å². The molecule has 0 saturated carbocycles. The van der Waals surface area contributed by atoms with Gasteiger partial charge in [0.2, 0.25) is 0 Å². The van der Waals surface area contributed by atoms with Crippen molar-refractivity contribution in [3.63, 3.8) is 0 Å². The molecule has 0 aliphatic heterocycles. The monoisotopic (exact) mass is 269 g/mol. The van der Waals surface area contributed by atoms with Crippen LogP contribution in [-0.2, 0) is 13.0 Å². The van der Waals surface area contributed by atoms with Crippen LogP contribution >= 0.6 is 0 Å². The number of rotatable bonds is 4. The Bertz CT molecular complexity index is 536. The number of benzene rings is 1. The van der Waals surface area contributed by atoms with E-state index in [1.807, 2.05) is 12.4 Å². The lowest BCUT2D eigenvalue weighted by Gasteiger charge is -2.20. The van der Waals surface area contributed by atoms with Gasteiger partial charge in [0.1, 0.15) is 5.82 Å². The van der Waals surface area contributed by atoms with Crippen LogP contribution in [0.25, 0.3) is 0 Å². The number of aryl methyl sites for hydroxylation is 1. The molecule has 0 amide bonds. The van der Waals surface area contributed by atoms with Crippen LogP contribution < -0.4 is 5.32 Å². The van der Waals surface area contributed by atoms with Crippen LogP contribution in [0.2, 0.25) is 0 Å². The highest BCUT2D eigenvalue weighted by molar-refractivity contribution is 5.24. The molecule has 0 aliphatic rings. The molecule has 1 heterocycles. The van der Waals surface area contributed by atoms with Crippen molar-refractivity contribution in [2.24, 2.45) is 0 Å². The third-order valence-electron chi connectivity index (χ3n) is 3.06. The molecule has 0 aliphatic carbocycles. The maximum atomic E-state index is 4.45. The summed E-state index contributed by atoms with van der Waals surface area (Å²) in [6.07, 6.45) is 4.61. The second kappa shape index (κ2) is 6.14. The maximum Gasteiger partial charge on any atom is 0.132 e. The number of nitrogens with one attached hydrogen (secondary N) is 1. The molecule has 0 unspecified atom stereocenters. The van der Waals surface area contributed by atoms with Crippen LogP contribution in [0.4, 0.5) is 0 Å². The first-order valence-corrected chi connectivity index (χ1v) is 7.03. The predicted molar refractivity (Wildman–Crippen MR) is 82.6 cm³/mol. The Kier molecular flexibility index (Phi) is 4.50. The van der Waals surface area contributed by atoms with Crippen molar-refractivity contribution in [2.75, 3.05) is 0 Å². The summed E-state index contributed by atoms with van der Waals surface area (Å²) in [5.41, 5.74) is 3.75. The van der Waals surface area contributed by atoms with Crippen LogP contribution in [0.3, 0.4) is 0 Å². The van der Waals surface area contributed by atoms with Gasteiger partial charge < -0.3 is 5.32 Å². The predicted octanol–water partition coefficient (Wildman–Crippen LogP) is 3.26. The van der Waals surface area contributed by atoms with Gasteiger partial charge >= 0.3 is 0 Å². The quantitative estimate of drug-likeness (QED) is 0.925. The molecule has 0 saturated heterocycles. The molecule has 2 rings (SSSR count). The van der Waals surface area contributed by atoms with Gasteiger partial charge in [0.25, 0.3) is 0 Å². The van der Waals surface area contributed by atoms with Crippen LogP contribution in [-0.4, -0.2) is 15.5 Å². The van der Waals surface area contributed by atoms with Gasteiger partial charge in [-0.3, -0.25) is 0 Å². The van der Waals surface area contributed by atoms with E-state index >= 15 is 0 Å². The van der Waals surface area contributed by atoms with E-state index in [0.717, 1.165) is 24.4 Å². The largest absolute Gasteiger partial charge is 0.308 e. The van der Waals surface area contributed by atoms with E-state index in [1.165, 1.54) is 11.1 Å². The molecule has 1 aromatic carbocycles. The van der Waals surface area contributed by atoms with Crippen molar-refractivity contribution >= 4 is 0 Å². The van der Waals surface area contributed by atoms with Crippen LogP contribution in [0.15, 0.2) is 36.7 Å². The Morgan fingerprint density at radius 1 is 0.950 bits per heavy atom. The van der Waals surface area contributed by atoms with Gasteiger partial charge in [-0.1, -0.05) is 29.8 Å². The van der Waals surface area contributed by atoms with E-state index in [1.54, 1.807) is 0 Å². The summed E-state index contributed by atoms with van der Waals surface area (Å²) in [7, 11) is 0. The highest BCUT2D eigenvalue weighted by Gasteiger charge is 2.08. The zero-order chi connectivity index (χ0) is 14.6. The van der Waals surface area contributed by atoms with Crippen LogP contribution in [0.5, 0.6) is 0 Å². The lowest BCUT2D eigenvalue weighted by Crippen LogP contribution is -2.35. The second-order valence-electron chi connectivity index (χ2n) is 6.27. The van der Waals surface area contributed by atoms with E-state index in [4.69, 9.17) is 0 Å². The SMILES string of the molecule is Cc1ccc(Cc2ncc(CNC(C)(C)C)cn2)cc1. The second-order valence-corrected chi connectivity index (χ2v) is 6.27. The van der Waals surface area contributed by atoms with Gasteiger partial charge in [0, 0.05) is 36.5 Å². The van der Waals surface area contributed by atoms with Crippen molar-refractivity contribution in [3.05, 3.63) is 59.2 Å². The van der Waals surface area contributed by atoms with Gasteiger partial charge in [-0.2, -0.15) is 0 Å². The minimum Gasteiger partial charge on any atom is -0.308 e. The molecule has 0 bridgehead atoms. The van der Waals surface area contributed by atoms with E-state index in [0.29, 0.717) is 0 Å². The van der Waals surface area contributed by atoms with E-state index in [2.05, 4.69) is 67.2 Å². The van der Waals surface area contributed by atoms with Gasteiger partial charge in [-0.05, 0) is 33.3 Å². The fourth-order valence-corrected chi connectivity index (χ4v) is 1.82. The van der Waals surface area contributed by atoms with Crippen molar-refractivity contribution in [3.8, 4) is 0 Å². The lowest BCUT2D eigenvalue weighted by atomic mass is 10.1. The molecule has 0 radical (unpaired) electrons. The minimum absolute atomic E-state index is 0.112. The summed E-state index contributed by atoms with van der Waals surface area (Å²) in [4.78, 5) is 8.89. The highest BCUT2D eigenvalue weighted by atomic mass is 15.0. The summed E-state index contributed by atoms with van der Waals surface area (Å²) in [5, 5.41) is 3.43. The molecule has 0 spiro atoms. The standard InChI is InChI=1S/C17H23N3/c1-13-5-7-14(8-6-13)9-16-18-10-15(11-19-16)12-20-17(2,3)4/h5-8,10-11,20H,9,12H2,1-4H3. The molecular weight excluding hydrogens is 246 g/mol. The van der Waals surface area contributed by atoms with Gasteiger partial charge in [0.05, 0.1) is 0 Å². The summed E-state index contributed by atoms with van der Waals surface area (Å²) in [5.74, 6) is 0.869. The molecule has 1 aromatic heterocycles. The zero-order valence-electron chi connectivity index (χ0n) is 12.8.